The topological polar surface area (TPSA) is 59.1 Å². The lowest BCUT2D eigenvalue weighted by Crippen LogP contribution is -2.35. The molecule has 0 saturated carbocycles. The molecule has 0 aliphatic carbocycles. The number of fused-ring (bicyclic) bond motifs is 1. The van der Waals surface area contributed by atoms with Crippen LogP contribution in [0, 0.1) is 6.92 Å². The van der Waals surface area contributed by atoms with E-state index >= 15 is 0 Å². The molecule has 39 heavy (non-hydrogen) atoms. The molecule has 0 fully saturated rings. The average Bonchev–Trinajstić information content (AvgIpc) is 2.96. The Morgan fingerprint density at radius 3 is 2.15 bits per heavy atom. The third-order valence-electron chi connectivity index (χ3n) is 6.67. The zero-order valence-corrected chi connectivity index (χ0v) is 23.6. The third kappa shape index (κ3) is 6.92. The molecule has 0 N–H and O–H groups in total. The van der Waals surface area contributed by atoms with Crippen molar-refractivity contribution in [3.8, 4) is 5.75 Å². The molecule has 0 aliphatic rings. The summed E-state index contributed by atoms with van der Waals surface area (Å²) in [6.07, 6.45) is 1.18. The van der Waals surface area contributed by atoms with Crippen LogP contribution in [-0.4, -0.2) is 39.1 Å². The minimum atomic E-state index is -0.245. The molecule has 0 heterocycles. The lowest BCUT2D eigenvalue weighted by atomic mass is 10.0. The van der Waals surface area contributed by atoms with Crippen LogP contribution in [0.1, 0.15) is 24.5 Å². The van der Waals surface area contributed by atoms with Crippen LogP contribution in [0.5, 0.6) is 5.75 Å². The van der Waals surface area contributed by atoms with Crippen LogP contribution >= 0.6 is 11.9 Å². The predicted molar refractivity (Wildman–Crippen MR) is 160 cm³/mol. The van der Waals surface area contributed by atoms with Crippen LogP contribution in [0.3, 0.4) is 0 Å². The number of anilines is 2. The van der Waals surface area contributed by atoms with Gasteiger partial charge in [0, 0.05) is 33.9 Å². The van der Waals surface area contributed by atoms with Crippen molar-refractivity contribution in [1.82, 2.24) is 0 Å². The maximum absolute atomic E-state index is 12.2. The lowest BCUT2D eigenvalue weighted by Gasteiger charge is -2.33. The highest BCUT2D eigenvalue weighted by Gasteiger charge is 2.22. The van der Waals surface area contributed by atoms with E-state index in [0.29, 0.717) is 6.54 Å². The number of rotatable bonds is 12. The van der Waals surface area contributed by atoms with Crippen LogP contribution < -0.4 is 13.9 Å². The molecule has 0 spiro atoms. The van der Waals surface area contributed by atoms with Crippen LogP contribution in [0.25, 0.3) is 10.8 Å². The minimum absolute atomic E-state index is 0.104. The van der Waals surface area contributed by atoms with Gasteiger partial charge in [-0.3, -0.25) is 4.79 Å². The maximum atomic E-state index is 12.2. The summed E-state index contributed by atoms with van der Waals surface area (Å²) in [5.41, 5.74) is 4.32. The molecule has 4 rings (SSSR count). The Labute approximate surface area is 234 Å². The highest BCUT2D eigenvalue weighted by Crippen LogP contribution is 2.39. The van der Waals surface area contributed by atoms with E-state index in [1.54, 1.807) is 7.11 Å². The van der Waals surface area contributed by atoms with Gasteiger partial charge >= 0.3 is 5.97 Å². The van der Waals surface area contributed by atoms with Gasteiger partial charge in [0.2, 0.25) is 0 Å². The quantitative estimate of drug-likeness (QED) is 0.110. The first-order valence-corrected chi connectivity index (χ1v) is 13.6. The predicted octanol–water partition coefficient (Wildman–Crippen LogP) is 6.83. The van der Waals surface area contributed by atoms with Crippen LogP contribution in [-0.2, 0) is 20.9 Å². The fourth-order valence-corrected chi connectivity index (χ4v) is 5.46. The highest BCUT2D eigenvalue weighted by molar-refractivity contribution is 8.00. The van der Waals surface area contributed by atoms with Gasteiger partial charge in [-0.1, -0.05) is 54.1 Å². The van der Waals surface area contributed by atoms with E-state index in [0.717, 1.165) is 44.6 Å². The standard InChI is InChI=1S/C32H34N2O4S/c1-23-9-11-25(12-10-23)22-33(24(2)21-32(36)38-4)30-17-18-31(29-8-6-5-7-28(29)30)34(19-20-35)39-27-15-13-26(37-3)14-16-27/h5-18,20,24H,19,21-22H2,1-4H3. The summed E-state index contributed by atoms with van der Waals surface area (Å²) >= 11 is 1.51. The van der Waals surface area contributed by atoms with E-state index in [1.165, 1.54) is 24.6 Å². The normalized spacial score (nSPS) is 11.6. The minimum Gasteiger partial charge on any atom is -0.497 e. The van der Waals surface area contributed by atoms with E-state index in [4.69, 9.17) is 9.47 Å². The number of esters is 1. The van der Waals surface area contributed by atoms with Gasteiger partial charge in [-0.05, 0) is 67.8 Å². The molecular formula is C32H34N2O4S. The van der Waals surface area contributed by atoms with E-state index < -0.39 is 0 Å². The first kappa shape index (κ1) is 28.0. The Bertz CT molecular complexity index is 1410. The van der Waals surface area contributed by atoms with Crippen LogP contribution in [0.2, 0.25) is 0 Å². The van der Waals surface area contributed by atoms with Gasteiger partial charge in [-0.25, -0.2) is 0 Å². The number of methoxy groups -OCH3 is 2. The number of carbonyl (C=O) groups is 2. The Morgan fingerprint density at radius 1 is 0.897 bits per heavy atom. The van der Waals surface area contributed by atoms with E-state index in [9.17, 15) is 9.59 Å². The summed E-state index contributed by atoms with van der Waals surface area (Å²) in [6.45, 7) is 4.99. The molecule has 0 bridgehead atoms. The molecule has 4 aromatic carbocycles. The maximum Gasteiger partial charge on any atom is 0.307 e. The van der Waals surface area contributed by atoms with Gasteiger partial charge in [0.1, 0.15) is 12.0 Å². The largest absolute Gasteiger partial charge is 0.497 e. The monoisotopic (exact) mass is 542 g/mol. The van der Waals surface area contributed by atoms with Gasteiger partial charge in [0.15, 0.2) is 0 Å². The van der Waals surface area contributed by atoms with Crippen molar-refractivity contribution in [2.75, 3.05) is 30.0 Å². The third-order valence-corrected chi connectivity index (χ3v) is 7.72. The number of carbonyl (C=O) groups excluding carboxylic acids is 2. The van der Waals surface area contributed by atoms with Crippen molar-refractivity contribution in [3.05, 3.63) is 96.1 Å². The number of aryl methyl sites for hydroxylation is 1. The van der Waals surface area contributed by atoms with E-state index in [-0.39, 0.29) is 25.0 Å². The lowest BCUT2D eigenvalue weighted by molar-refractivity contribution is -0.140. The zero-order chi connectivity index (χ0) is 27.8. The second-order valence-electron chi connectivity index (χ2n) is 9.39. The van der Waals surface area contributed by atoms with Gasteiger partial charge in [-0.15, -0.1) is 0 Å². The molecule has 4 aromatic rings. The zero-order valence-electron chi connectivity index (χ0n) is 22.8. The second kappa shape index (κ2) is 13.2. The summed E-state index contributed by atoms with van der Waals surface area (Å²) in [4.78, 5) is 27.2. The second-order valence-corrected chi connectivity index (χ2v) is 10.5. The van der Waals surface area contributed by atoms with Crippen molar-refractivity contribution in [1.29, 1.82) is 0 Å². The summed E-state index contributed by atoms with van der Waals surface area (Å²) in [5, 5.41) is 2.07. The van der Waals surface area contributed by atoms with Crippen molar-refractivity contribution in [3.63, 3.8) is 0 Å². The van der Waals surface area contributed by atoms with E-state index in [2.05, 4.69) is 60.4 Å². The fraction of sp³-hybridized carbons (Fsp3) is 0.250. The molecule has 0 aliphatic heterocycles. The molecule has 202 valence electrons. The first-order chi connectivity index (χ1) is 18.9. The Kier molecular flexibility index (Phi) is 9.49. The SMILES string of the molecule is COC(=O)CC(C)N(Cc1ccc(C)cc1)c1ccc(N(CC=O)Sc2ccc(OC)cc2)c2ccccc12. The molecule has 0 radical (unpaired) electrons. The van der Waals surface area contributed by atoms with E-state index in [1.807, 2.05) is 47.6 Å². The Balaban J connectivity index is 1.76. The molecule has 0 amide bonds. The van der Waals surface area contributed by atoms with Gasteiger partial charge in [-0.2, -0.15) is 0 Å². The number of hydrogen-bond donors (Lipinski definition) is 0. The Morgan fingerprint density at radius 2 is 1.54 bits per heavy atom. The average molecular weight is 543 g/mol. The van der Waals surface area contributed by atoms with Gasteiger partial charge < -0.3 is 23.5 Å². The summed E-state index contributed by atoms with van der Waals surface area (Å²) in [7, 11) is 3.06. The number of hydrogen-bond acceptors (Lipinski definition) is 7. The first-order valence-electron chi connectivity index (χ1n) is 12.9. The molecule has 1 atom stereocenters. The van der Waals surface area contributed by atoms with Gasteiger partial charge in [0.25, 0.3) is 0 Å². The summed E-state index contributed by atoms with van der Waals surface area (Å²) < 4.78 is 12.3. The van der Waals surface area contributed by atoms with Crippen molar-refractivity contribution in [2.45, 2.75) is 37.8 Å². The van der Waals surface area contributed by atoms with Crippen molar-refractivity contribution < 1.29 is 19.1 Å². The summed E-state index contributed by atoms with van der Waals surface area (Å²) in [6, 6.07) is 28.5. The molecular weight excluding hydrogens is 508 g/mol. The Hall–Kier alpha value is -3.97. The number of ether oxygens (including phenoxy) is 2. The number of aldehydes is 1. The molecule has 0 saturated heterocycles. The fourth-order valence-electron chi connectivity index (χ4n) is 4.55. The number of benzene rings is 4. The van der Waals surface area contributed by atoms with Crippen LogP contribution in [0.4, 0.5) is 11.4 Å². The van der Waals surface area contributed by atoms with Crippen LogP contribution in [0.15, 0.2) is 89.8 Å². The summed E-state index contributed by atoms with van der Waals surface area (Å²) in [5.74, 6) is 0.538. The van der Waals surface area contributed by atoms with Crippen molar-refractivity contribution >= 4 is 46.4 Å². The number of nitrogens with zero attached hydrogens (tertiary/aromatic N) is 2. The molecule has 0 aromatic heterocycles. The molecule has 1 unspecified atom stereocenters. The van der Waals surface area contributed by atoms with Crippen molar-refractivity contribution in [2.24, 2.45) is 0 Å². The molecule has 6 nitrogen and oxygen atoms in total. The van der Waals surface area contributed by atoms with Gasteiger partial charge in [0.05, 0.1) is 32.9 Å². The highest BCUT2D eigenvalue weighted by atomic mass is 32.2. The smallest absolute Gasteiger partial charge is 0.307 e. The molecule has 7 heteroatoms.